The molecule has 2 saturated carbocycles. The smallest absolute Gasteiger partial charge is 0.225 e. The number of hydrogen-bond acceptors (Lipinski definition) is 4. The summed E-state index contributed by atoms with van der Waals surface area (Å²) in [6.07, 6.45) is 9.81. The van der Waals surface area contributed by atoms with Crippen molar-refractivity contribution in [1.29, 1.82) is 0 Å². The van der Waals surface area contributed by atoms with Crippen molar-refractivity contribution >= 4 is 36.4 Å². The Labute approximate surface area is 184 Å². The Hall–Kier alpha value is -1.37. The Morgan fingerprint density at radius 3 is 2.55 bits per heavy atom. The number of pyridine rings is 1. The maximum atomic E-state index is 13.3. The van der Waals surface area contributed by atoms with Crippen molar-refractivity contribution in [2.24, 2.45) is 23.5 Å². The number of carbonyl (C=O) groups excluding carboxylic acids is 1. The van der Waals surface area contributed by atoms with Gasteiger partial charge in [-0.05, 0) is 62.5 Å². The molecule has 6 nitrogen and oxygen atoms in total. The summed E-state index contributed by atoms with van der Waals surface area (Å²) in [5, 5.41) is 8.74. The summed E-state index contributed by atoms with van der Waals surface area (Å²) in [7, 11) is 0. The number of rotatable bonds is 2. The van der Waals surface area contributed by atoms with Crippen LogP contribution in [0.4, 0.5) is 0 Å². The van der Waals surface area contributed by atoms with Crippen LogP contribution in [0.2, 0.25) is 0 Å². The number of aromatic nitrogens is 3. The summed E-state index contributed by atoms with van der Waals surface area (Å²) in [5.74, 6) is 2.89. The molecule has 0 aromatic carbocycles. The molecular weight excluding hydrogens is 409 g/mol. The van der Waals surface area contributed by atoms with Gasteiger partial charge in [0.2, 0.25) is 5.91 Å². The predicted molar refractivity (Wildman–Crippen MR) is 118 cm³/mol. The fourth-order valence-electron chi connectivity index (χ4n) is 5.78. The van der Waals surface area contributed by atoms with Crippen LogP contribution in [0.1, 0.15) is 56.7 Å². The van der Waals surface area contributed by atoms with Gasteiger partial charge >= 0.3 is 0 Å². The number of amides is 1. The summed E-state index contributed by atoms with van der Waals surface area (Å²) in [4.78, 5) is 15.4. The summed E-state index contributed by atoms with van der Waals surface area (Å²) in [6.45, 7) is 1.65. The third kappa shape index (κ3) is 4.12. The first-order valence-electron chi connectivity index (χ1n) is 10.5. The predicted octanol–water partition coefficient (Wildman–Crippen LogP) is 3.43. The van der Waals surface area contributed by atoms with Gasteiger partial charge in [-0.3, -0.25) is 9.20 Å². The van der Waals surface area contributed by atoms with E-state index in [2.05, 4.69) is 19.5 Å². The molecule has 0 radical (unpaired) electrons. The van der Waals surface area contributed by atoms with E-state index in [0.717, 1.165) is 50.2 Å². The van der Waals surface area contributed by atoms with Crippen LogP contribution in [0.5, 0.6) is 0 Å². The van der Waals surface area contributed by atoms with Crippen LogP contribution >= 0.6 is 24.8 Å². The monoisotopic (exact) mass is 439 g/mol. The van der Waals surface area contributed by atoms with E-state index in [1.54, 1.807) is 0 Å². The number of halogens is 2. The SMILES string of the molecule is Cl.Cl.NC1C2CCCC1CC(C(=O)N1CCCC(c3nnc4ccccn34)C1)C2. The highest BCUT2D eigenvalue weighted by Crippen LogP contribution is 2.42. The average molecular weight is 440 g/mol. The molecule has 2 aromatic heterocycles. The van der Waals surface area contributed by atoms with Crippen molar-refractivity contribution in [2.75, 3.05) is 13.1 Å². The van der Waals surface area contributed by atoms with Gasteiger partial charge in [0.05, 0.1) is 0 Å². The minimum Gasteiger partial charge on any atom is -0.342 e. The number of nitrogens with two attached hydrogens (primary N) is 1. The zero-order valence-corrected chi connectivity index (χ0v) is 18.3. The van der Waals surface area contributed by atoms with E-state index in [4.69, 9.17) is 5.73 Å². The van der Waals surface area contributed by atoms with Crippen LogP contribution in [0.25, 0.3) is 5.65 Å². The van der Waals surface area contributed by atoms with Crippen molar-refractivity contribution < 1.29 is 4.79 Å². The van der Waals surface area contributed by atoms with Crippen molar-refractivity contribution in [1.82, 2.24) is 19.5 Å². The number of fused-ring (bicyclic) bond motifs is 3. The van der Waals surface area contributed by atoms with Crippen molar-refractivity contribution in [2.45, 2.75) is 56.9 Å². The molecule has 3 unspecified atom stereocenters. The quantitative estimate of drug-likeness (QED) is 0.777. The molecule has 3 atom stereocenters. The zero-order valence-electron chi connectivity index (χ0n) is 16.7. The fourth-order valence-corrected chi connectivity index (χ4v) is 5.78. The topological polar surface area (TPSA) is 76.5 Å². The summed E-state index contributed by atoms with van der Waals surface area (Å²) < 4.78 is 2.07. The first-order chi connectivity index (χ1) is 13.2. The highest BCUT2D eigenvalue weighted by Gasteiger charge is 2.42. The highest BCUT2D eigenvalue weighted by atomic mass is 35.5. The van der Waals surface area contributed by atoms with E-state index < -0.39 is 0 Å². The Kier molecular flexibility index (Phi) is 7.07. The van der Waals surface area contributed by atoms with Gasteiger partial charge in [-0.15, -0.1) is 35.0 Å². The van der Waals surface area contributed by atoms with Crippen molar-refractivity contribution in [3.8, 4) is 0 Å². The van der Waals surface area contributed by atoms with Crippen LogP contribution < -0.4 is 5.73 Å². The van der Waals surface area contributed by atoms with Gasteiger partial charge in [-0.2, -0.15) is 0 Å². The molecule has 2 bridgehead atoms. The number of nitrogens with zero attached hydrogens (tertiary/aromatic N) is 4. The van der Waals surface area contributed by atoms with Gasteiger partial charge < -0.3 is 10.6 Å². The van der Waals surface area contributed by atoms with E-state index in [-0.39, 0.29) is 36.6 Å². The molecule has 3 fully saturated rings. The second-order valence-corrected chi connectivity index (χ2v) is 8.81. The van der Waals surface area contributed by atoms with Crippen LogP contribution in [-0.2, 0) is 4.79 Å². The molecule has 2 aromatic rings. The number of hydrogen-bond donors (Lipinski definition) is 1. The normalized spacial score (nSPS) is 31.6. The molecule has 2 N–H and O–H groups in total. The van der Waals surface area contributed by atoms with Gasteiger partial charge in [-0.1, -0.05) is 12.5 Å². The van der Waals surface area contributed by atoms with Crippen molar-refractivity contribution in [3.05, 3.63) is 30.2 Å². The second-order valence-electron chi connectivity index (χ2n) is 8.81. The summed E-state index contributed by atoms with van der Waals surface area (Å²) >= 11 is 0. The molecular formula is C21H31Cl2N5O. The van der Waals surface area contributed by atoms with E-state index in [9.17, 15) is 4.79 Å². The van der Waals surface area contributed by atoms with Gasteiger partial charge in [0, 0.05) is 37.2 Å². The lowest BCUT2D eigenvalue weighted by atomic mass is 9.65. The Morgan fingerprint density at radius 1 is 1.03 bits per heavy atom. The first-order valence-corrected chi connectivity index (χ1v) is 10.5. The van der Waals surface area contributed by atoms with Crippen LogP contribution in [0.15, 0.2) is 24.4 Å². The van der Waals surface area contributed by atoms with Crippen LogP contribution in [-0.4, -0.2) is 44.5 Å². The van der Waals surface area contributed by atoms with E-state index in [1.807, 2.05) is 24.4 Å². The molecule has 160 valence electrons. The van der Waals surface area contributed by atoms with Gasteiger partial charge in [-0.25, -0.2) is 0 Å². The fraction of sp³-hybridized carbons (Fsp3) is 0.667. The van der Waals surface area contributed by atoms with Gasteiger partial charge in [0.1, 0.15) is 5.82 Å². The second kappa shape index (κ2) is 9.19. The highest BCUT2D eigenvalue weighted by molar-refractivity contribution is 5.85. The van der Waals surface area contributed by atoms with E-state index in [1.165, 1.54) is 19.3 Å². The minimum absolute atomic E-state index is 0. The largest absolute Gasteiger partial charge is 0.342 e. The molecule has 3 heterocycles. The van der Waals surface area contributed by atoms with Crippen LogP contribution in [0.3, 0.4) is 0 Å². The minimum atomic E-state index is 0. The molecule has 1 aliphatic heterocycles. The Bertz CT molecular complexity index is 829. The third-order valence-electron chi connectivity index (χ3n) is 7.20. The van der Waals surface area contributed by atoms with Crippen LogP contribution in [0, 0.1) is 17.8 Å². The zero-order chi connectivity index (χ0) is 18.4. The Balaban J connectivity index is 0.00000120. The average Bonchev–Trinajstić information content (AvgIpc) is 3.11. The Morgan fingerprint density at radius 2 is 1.79 bits per heavy atom. The lowest BCUT2D eigenvalue weighted by Crippen LogP contribution is -2.51. The van der Waals surface area contributed by atoms with Gasteiger partial charge in [0.25, 0.3) is 0 Å². The first kappa shape index (κ1) is 22.3. The maximum absolute atomic E-state index is 13.3. The molecule has 1 amide bonds. The molecule has 3 aliphatic rings. The van der Waals surface area contributed by atoms with E-state index >= 15 is 0 Å². The van der Waals surface area contributed by atoms with Crippen molar-refractivity contribution in [3.63, 3.8) is 0 Å². The maximum Gasteiger partial charge on any atom is 0.225 e. The van der Waals surface area contributed by atoms with E-state index in [0.29, 0.717) is 23.8 Å². The lowest BCUT2D eigenvalue weighted by Gasteiger charge is -2.45. The van der Waals surface area contributed by atoms with Gasteiger partial charge in [0.15, 0.2) is 5.65 Å². The summed E-state index contributed by atoms with van der Waals surface area (Å²) in [5.41, 5.74) is 7.30. The third-order valence-corrected chi connectivity index (χ3v) is 7.20. The molecule has 8 heteroatoms. The molecule has 29 heavy (non-hydrogen) atoms. The molecule has 1 saturated heterocycles. The number of likely N-dealkylation sites (tertiary alicyclic amines) is 1. The summed E-state index contributed by atoms with van der Waals surface area (Å²) in [6, 6.07) is 6.29. The molecule has 5 rings (SSSR count). The number of piperidine rings is 1. The lowest BCUT2D eigenvalue weighted by molar-refractivity contribution is -0.139. The molecule has 0 spiro atoms. The standard InChI is InChI=1S/C21H29N5O.2ClH/c22-19-14-5-3-6-15(19)12-17(11-14)21(27)25-9-4-7-16(13-25)20-24-23-18-8-1-2-10-26(18)20;;/h1-2,8,10,14-17,19H,3-7,9,11-13,22H2;2*1H. The number of carbonyl (C=O) groups is 1. The molecule has 2 aliphatic carbocycles.